The van der Waals surface area contributed by atoms with Crippen LogP contribution < -0.4 is 5.32 Å². The highest BCUT2D eigenvalue weighted by atomic mass is 32.1. The Morgan fingerprint density at radius 1 is 1.31 bits per heavy atom. The molecule has 0 aliphatic rings. The molecule has 0 saturated carbocycles. The Balaban J connectivity index is 2.28. The largest absolute Gasteiger partial charge is 0.311 e. The van der Waals surface area contributed by atoms with Crippen molar-refractivity contribution in [1.29, 1.82) is 0 Å². The van der Waals surface area contributed by atoms with E-state index in [2.05, 4.69) is 27.4 Å². The Kier molecular flexibility index (Phi) is 3.26. The molecule has 0 spiro atoms. The summed E-state index contributed by atoms with van der Waals surface area (Å²) in [5.41, 5.74) is 2.04. The fourth-order valence-electron chi connectivity index (χ4n) is 1.24. The van der Waals surface area contributed by atoms with Gasteiger partial charge in [-0.15, -0.1) is 10.2 Å². The van der Waals surface area contributed by atoms with Crippen molar-refractivity contribution in [3.8, 4) is 10.6 Å². The van der Waals surface area contributed by atoms with Crippen LogP contribution in [0.4, 0.5) is 0 Å². The molecule has 4 nitrogen and oxygen atoms in total. The van der Waals surface area contributed by atoms with Gasteiger partial charge in [0.25, 0.3) is 0 Å². The summed E-state index contributed by atoms with van der Waals surface area (Å²) in [7, 11) is 1.92. The van der Waals surface area contributed by atoms with Gasteiger partial charge in [0.05, 0.1) is 6.04 Å². The monoisotopic (exact) mass is 234 g/mol. The average molecular weight is 234 g/mol. The first-order valence-electron chi connectivity index (χ1n) is 5.14. The number of rotatable bonds is 3. The first-order valence-corrected chi connectivity index (χ1v) is 5.96. The summed E-state index contributed by atoms with van der Waals surface area (Å²) in [6.07, 6.45) is 1.84. The normalized spacial score (nSPS) is 12.7. The molecule has 84 valence electrons. The van der Waals surface area contributed by atoms with E-state index in [0.29, 0.717) is 0 Å². The Bertz CT molecular complexity index is 463. The van der Waals surface area contributed by atoms with Crippen LogP contribution >= 0.6 is 11.3 Å². The van der Waals surface area contributed by atoms with Crippen LogP contribution in [0.15, 0.2) is 18.3 Å². The van der Waals surface area contributed by atoms with Crippen LogP contribution in [0.5, 0.6) is 0 Å². The topological polar surface area (TPSA) is 50.7 Å². The fourth-order valence-corrected chi connectivity index (χ4v) is 2.14. The van der Waals surface area contributed by atoms with Crippen LogP contribution in [-0.4, -0.2) is 22.2 Å². The van der Waals surface area contributed by atoms with Crippen LogP contribution in [-0.2, 0) is 0 Å². The van der Waals surface area contributed by atoms with Crippen molar-refractivity contribution < 1.29 is 0 Å². The van der Waals surface area contributed by atoms with E-state index in [9.17, 15) is 0 Å². The molecular formula is C11H14N4S. The number of hydrogen-bond donors (Lipinski definition) is 1. The third-order valence-corrected chi connectivity index (χ3v) is 3.56. The SMILES string of the molecule is CNC(C)c1nnc(-c2ccc(C)nc2)s1. The number of aryl methyl sites for hydroxylation is 1. The van der Waals surface area contributed by atoms with Crippen molar-refractivity contribution >= 4 is 11.3 Å². The molecular weight excluding hydrogens is 220 g/mol. The maximum absolute atomic E-state index is 4.25. The summed E-state index contributed by atoms with van der Waals surface area (Å²) in [5.74, 6) is 0. The second-order valence-electron chi connectivity index (χ2n) is 3.64. The van der Waals surface area contributed by atoms with Crippen molar-refractivity contribution in [2.24, 2.45) is 0 Å². The molecule has 0 saturated heterocycles. The molecule has 2 aromatic rings. The number of pyridine rings is 1. The van der Waals surface area contributed by atoms with Crippen LogP contribution in [0, 0.1) is 6.92 Å². The summed E-state index contributed by atoms with van der Waals surface area (Å²) in [6.45, 7) is 4.04. The average Bonchev–Trinajstić information content (AvgIpc) is 2.78. The molecule has 2 aromatic heterocycles. The molecule has 5 heteroatoms. The summed E-state index contributed by atoms with van der Waals surface area (Å²) in [4.78, 5) is 4.25. The molecule has 0 fully saturated rings. The van der Waals surface area contributed by atoms with E-state index in [1.807, 2.05) is 32.3 Å². The van der Waals surface area contributed by atoms with Crippen molar-refractivity contribution in [3.63, 3.8) is 0 Å². The van der Waals surface area contributed by atoms with Gasteiger partial charge in [0.2, 0.25) is 0 Å². The number of nitrogens with zero attached hydrogens (tertiary/aromatic N) is 3. The van der Waals surface area contributed by atoms with Crippen molar-refractivity contribution in [3.05, 3.63) is 29.0 Å². The minimum Gasteiger partial charge on any atom is -0.311 e. The summed E-state index contributed by atoms with van der Waals surface area (Å²) in [5, 5.41) is 13.4. The number of nitrogens with one attached hydrogen (secondary N) is 1. The number of aromatic nitrogens is 3. The van der Waals surface area contributed by atoms with Gasteiger partial charge < -0.3 is 5.32 Å². The first-order chi connectivity index (χ1) is 7.70. The van der Waals surface area contributed by atoms with E-state index in [1.165, 1.54) is 0 Å². The Hall–Kier alpha value is -1.33. The van der Waals surface area contributed by atoms with Gasteiger partial charge in [-0.1, -0.05) is 11.3 Å². The summed E-state index contributed by atoms with van der Waals surface area (Å²) in [6, 6.07) is 4.25. The van der Waals surface area contributed by atoms with Crippen molar-refractivity contribution in [2.75, 3.05) is 7.05 Å². The Morgan fingerprint density at radius 3 is 2.75 bits per heavy atom. The summed E-state index contributed by atoms with van der Waals surface area (Å²) >= 11 is 1.60. The van der Waals surface area contributed by atoms with E-state index in [1.54, 1.807) is 11.3 Å². The lowest BCUT2D eigenvalue weighted by Gasteiger charge is -2.02. The molecule has 16 heavy (non-hydrogen) atoms. The number of hydrogen-bond acceptors (Lipinski definition) is 5. The minimum absolute atomic E-state index is 0.240. The van der Waals surface area contributed by atoms with Crippen LogP contribution in [0.1, 0.15) is 23.7 Å². The highest BCUT2D eigenvalue weighted by Gasteiger charge is 2.11. The lowest BCUT2D eigenvalue weighted by atomic mass is 10.3. The molecule has 1 N–H and O–H groups in total. The van der Waals surface area contributed by atoms with Gasteiger partial charge in [-0.25, -0.2) is 0 Å². The quantitative estimate of drug-likeness (QED) is 0.884. The lowest BCUT2D eigenvalue weighted by Crippen LogP contribution is -2.11. The van der Waals surface area contributed by atoms with Gasteiger partial charge in [0.15, 0.2) is 0 Å². The molecule has 2 rings (SSSR count). The third-order valence-electron chi connectivity index (χ3n) is 2.40. The molecule has 0 aliphatic carbocycles. The van der Waals surface area contributed by atoms with E-state index < -0.39 is 0 Å². The molecule has 1 atom stereocenters. The highest BCUT2D eigenvalue weighted by Crippen LogP contribution is 2.25. The van der Waals surface area contributed by atoms with Crippen molar-refractivity contribution in [2.45, 2.75) is 19.9 Å². The molecule has 2 heterocycles. The predicted molar refractivity (Wildman–Crippen MR) is 65.4 cm³/mol. The summed E-state index contributed by atoms with van der Waals surface area (Å²) < 4.78 is 0. The molecule has 0 radical (unpaired) electrons. The zero-order valence-electron chi connectivity index (χ0n) is 9.56. The van der Waals surface area contributed by atoms with E-state index in [0.717, 1.165) is 21.3 Å². The standard InChI is InChI=1S/C11H14N4S/c1-7-4-5-9(6-13-7)11-15-14-10(16-11)8(2)12-3/h4-6,8,12H,1-3H3. The minimum atomic E-state index is 0.240. The van der Waals surface area contributed by atoms with E-state index in [4.69, 9.17) is 0 Å². The maximum Gasteiger partial charge on any atom is 0.149 e. The van der Waals surface area contributed by atoms with Gasteiger partial charge >= 0.3 is 0 Å². The third kappa shape index (κ3) is 2.25. The fraction of sp³-hybridized carbons (Fsp3) is 0.364. The molecule has 0 aliphatic heterocycles. The molecule has 1 unspecified atom stereocenters. The Labute approximate surface area is 98.8 Å². The highest BCUT2D eigenvalue weighted by molar-refractivity contribution is 7.14. The van der Waals surface area contributed by atoms with Gasteiger partial charge in [-0.3, -0.25) is 4.98 Å². The molecule has 0 amide bonds. The van der Waals surface area contributed by atoms with Crippen LogP contribution in [0.3, 0.4) is 0 Å². The first kappa shape index (κ1) is 11.2. The van der Waals surface area contributed by atoms with E-state index >= 15 is 0 Å². The van der Waals surface area contributed by atoms with Gasteiger partial charge in [0.1, 0.15) is 10.0 Å². The van der Waals surface area contributed by atoms with Crippen LogP contribution in [0.25, 0.3) is 10.6 Å². The van der Waals surface area contributed by atoms with Crippen LogP contribution in [0.2, 0.25) is 0 Å². The van der Waals surface area contributed by atoms with Gasteiger partial charge in [-0.05, 0) is 33.0 Å². The smallest absolute Gasteiger partial charge is 0.149 e. The van der Waals surface area contributed by atoms with E-state index in [-0.39, 0.29) is 6.04 Å². The van der Waals surface area contributed by atoms with Crippen molar-refractivity contribution in [1.82, 2.24) is 20.5 Å². The Morgan fingerprint density at radius 2 is 2.12 bits per heavy atom. The van der Waals surface area contributed by atoms with Gasteiger partial charge in [0, 0.05) is 17.5 Å². The zero-order chi connectivity index (χ0) is 11.5. The second kappa shape index (κ2) is 4.67. The maximum atomic E-state index is 4.25. The zero-order valence-corrected chi connectivity index (χ0v) is 10.4. The second-order valence-corrected chi connectivity index (χ2v) is 4.65. The van der Waals surface area contributed by atoms with Gasteiger partial charge in [-0.2, -0.15) is 0 Å². The lowest BCUT2D eigenvalue weighted by molar-refractivity contribution is 0.640. The predicted octanol–water partition coefficient (Wildman–Crippen LogP) is 2.19. The molecule has 0 aromatic carbocycles. The molecule has 0 bridgehead atoms.